The number of rotatable bonds is 5. The summed E-state index contributed by atoms with van der Waals surface area (Å²) < 4.78 is 30.7. The first-order valence-electron chi connectivity index (χ1n) is 10.0. The van der Waals surface area contributed by atoms with Crippen LogP contribution in [0.2, 0.25) is 5.02 Å². The first-order valence-corrected chi connectivity index (χ1v) is 10.4. The minimum absolute atomic E-state index is 0.0636. The summed E-state index contributed by atoms with van der Waals surface area (Å²) in [5.41, 5.74) is 2.46. The SMILES string of the molecule is CCOc1cc(F)ccc1Cc1cc2c(cc1Cl)CO[C@]21O[C@H](CO)[C@@H](O)[C@H](O)[C@H]1O. The fraction of sp³-hybridized carbons (Fsp3) is 0.455. The Bertz CT molecular complexity index is 969. The first kappa shape index (κ1) is 22.4. The van der Waals surface area contributed by atoms with Gasteiger partial charge >= 0.3 is 0 Å². The minimum atomic E-state index is -1.76. The summed E-state index contributed by atoms with van der Waals surface area (Å²) in [6.45, 7) is 1.67. The highest BCUT2D eigenvalue weighted by molar-refractivity contribution is 6.31. The zero-order valence-corrected chi connectivity index (χ0v) is 17.6. The molecule has 0 aliphatic carbocycles. The smallest absolute Gasteiger partial charge is 0.225 e. The normalized spacial score (nSPS) is 29.9. The summed E-state index contributed by atoms with van der Waals surface area (Å²) in [7, 11) is 0. The van der Waals surface area contributed by atoms with Gasteiger partial charge < -0.3 is 34.6 Å². The molecule has 7 nitrogen and oxygen atoms in total. The molecular weight excluding hydrogens is 431 g/mol. The lowest BCUT2D eigenvalue weighted by molar-refractivity contribution is -0.368. The van der Waals surface area contributed by atoms with E-state index < -0.39 is 42.6 Å². The lowest BCUT2D eigenvalue weighted by atomic mass is 9.86. The molecule has 2 aliphatic rings. The summed E-state index contributed by atoms with van der Waals surface area (Å²) in [5, 5.41) is 41.1. The molecule has 2 aliphatic heterocycles. The molecule has 0 saturated carbocycles. The summed E-state index contributed by atoms with van der Waals surface area (Å²) >= 11 is 6.49. The van der Waals surface area contributed by atoms with E-state index in [0.29, 0.717) is 46.1 Å². The highest BCUT2D eigenvalue weighted by atomic mass is 35.5. The number of aliphatic hydroxyl groups is 4. The molecule has 2 aromatic rings. The van der Waals surface area contributed by atoms with Crippen LogP contribution in [0.3, 0.4) is 0 Å². The van der Waals surface area contributed by atoms with E-state index in [9.17, 15) is 24.8 Å². The Labute approximate surface area is 183 Å². The maximum atomic E-state index is 13.7. The summed E-state index contributed by atoms with van der Waals surface area (Å²) in [5.74, 6) is -1.77. The number of hydrogen-bond donors (Lipinski definition) is 4. The van der Waals surface area contributed by atoms with Gasteiger partial charge in [-0.15, -0.1) is 0 Å². The Kier molecular flexibility index (Phi) is 6.24. The molecule has 5 atom stereocenters. The van der Waals surface area contributed by atoms with Crippen molar-refractivity contribution in [2.24, 2.45) is 0 Å². The molecule has 0 aromatic heterocycles. The molecule has 2 heterocycles. The number of benzene rings is 2. The van der Waals surface area contributed by atoms with Gasteiger partial charge in [-0.3, -0.25) is 0 Å². The van der Waals surface area contributed by atoms with Crippen LogP contribution in [-0.2, 0) is 28.3 Å². The minimum Gasteiger partial charge on any atom is -0.493 e. The molecule has 9 heteroatoms. The zero-order valence-electron chi connectivity index (χ0n) is 16.8. The van der Waals surface area contributed by atoms with Gasteiger partial charge in [0.25, 0.3) is 0 Å². The van der Waals surface area contributed by atoms with Gasteiger partial charge in [0.05, 0.1) is 19.8 Å². The van der Waals surface area contributed by atoms with Gasteiger partial charge in [0, 0.05) is 23.1 Å². The van der Waals surface area contributed by atoms with Crippen molar-refractivity contribution in [1.29, 1.82) is 0 Å². The lowest BCUT2D eigenvalue weighted by Gasteiger charge is -2.46. The average molecular weight is 455 g/mol. The van der Waals surface area contributed by atoms with Crippen LogP contribution in [0.4, 0.5) is 4.39 Å². The van der Waals surface area contributed by atoms with E-state index in [1.165, 1.54) is 12.1 Å². The fourth-order valence-electron chi connectivity index (χ4n) is 4.15. The Hall–Kier alpha value is -1.78. The predicted octanol–water partition coefficient (Wildman–Crippen LogP) is 1.63. The van der Waals surface area contributed by atoms with Gasteiger partial charge in [0.2, 0.25) is 5.79 Å². The second kappa shape index (κ2) is 8.63. The van der Waals surface area contributed by atoms with Gasteiger partial charge in [-0.2, -0.15) is 0 Å². The molecular formula is C22H24ClFO7. The van der Waals surface area contributed by atoms with Crippen molar-refractivity contribution in [3.05, 3.63) is 63.4 Å². The lowest BCUT2D eigenvalue weighted by Crippen LogP contribution is -2.63. The van der Waals surface area contributed by atoms with Crippen LogP contribution >= 0.6 is 11.6 Å². The molecule has 168 valence electrons. The van der Waals surface area contributed by atoms with Crippen molar-refractivity contribution in [2.45, 2.75) is 50.2 Å². The molecule has 31 heavy (non-hydrogen) atoms. The van der Waals surface area contributed by atoms with Crippen molar-refractivity contribution in [3.63, 3.8) is 0 Å². The third kappa shape index (κ3) is 3.82. The van der Waals surface area contributed by atoms with Crippen molar-refractivity contribution in [1.82, 2.24) is 0 Å². The van der Waals surface area contributed by atoms with Crippen LogP contribution in [0, 0.1) is 5.82 Å². The van der Waals surface area contributed by atoms with Crippen molar-refractivity contribution in [2.75, 3.05) is 13.2 Å². The van der Waals surface area contributed by atoms with Gasteiger partial charge in [-0.05, 0) is 41.8 Å². The fourth-order valence-corrected chi connectivity index (χ4v) is 4.41. The van der Waals surface area contributed by atoms with E-state index in [1.807, 2.05) is 0 Å². The van der Waals surface area contributed by atoms with E-state index in [4.69, 9.17) is 25.8 Å². The van der Waals surface area contributed by atoms with E-state index >= 15 is 0 Å². The molecule has 0 radical (unpaired) electrons. The highest BCUT2D eigenvalue weighted by Crippen LogP contribution is 2.47. The van der Waals surface area contributed by atoms with Crippen LogP contribution in [0.1, 0.15) is 29.2 Å². The second-order valence-corrected chi connectivity index (χ2v) is 8.09. The van der Waals surface area contributed by atoms with Crippen molar-refractivity contribution < 1.29 is 39.0 Å². The largest absolute Gasteiger partial charge is 0.493 e. The second-order valence-electron chi connectivity index (χ2n) is 7.68. The number of halogens is 2. The number of hydrogen-bond acceptors (Lipinski definition) is 7. The molecule has 4 N–H and O–H groups in total. The zero-order chi connectivity index (χ0) is 22.3. The van der Waals surface area contributed by atoms with E-state index in [2.05, 4.69) is 0 Å². The molecule has 1 fully saturated rings. The van der Waals surface area contributed by atoms with Crippen LogP contribution in [0.25, 0.3) is 0 Å². The van der Waals surface area contributed by atoms with Gasteiger partial charge in [0.1, 0.15) is 36.0 Å². The first-order chi connectivity index (χ1) is 14.8. The van der Waals surface area contributed by atoms with Crippen LogP contribution in [0.5, 0.6) is 5.75 Å². The Morgan fingerprint density at radius 2 is 1.94 bits per heavy atom. The molecule has 0 unspecified atom stereocenters. The Morgan fingerprint density at radius 1 is 1.16 bits per heavy atom. The summed E-state index contributed by atoms with van der Waals surface area (Å²) in [6, 6.07) is 7.64. The Balaban J connectivity index is 1.74. The van der Waals surface area contributed by atoms with Gasteiger partial charge in [-0.1, -0.05) is 17.7 Å². The van der Waals surface area contributed by atoms with Crippen LogP contribution in [-0.4, -0.2) is 58.1 Å². The third-order valence-electron chi connectivity index (χ3n) is 5.75. The Morgan fingerprint density at radius 3 is 2.65 bits per heavy atom. The van der Waals surface area contributed by atoms with Gasteiger partial charge in [0.15, 0.2) is 0 Å². The van der Waals surface area contributed by atoms with Crippen LogP contribution < -0.4 is 4.74 Å². The molecule has 1 saturated heterocycles. The summed E-state index contributed by atoms with van der Waals surface area (Å²) in [4.78, 5) is 0. The van der Waals surface area contributed by atoms with Crippen molar-refractivity contribution in [3.8, 4) is 5.75 Å². The maximum absolute atomic E-state index is 13.7. The van der Waals surface area contributed by atoms with E-state index in [0.717, 1.165) is 0 Å². The third-order valence-corrected chi connectivity index (χ3v) is 6.10. The summed E-state index contributed by atoms with van der Waals surface area (Å²) in [6.07, 6.45) is -5.49. The standard InChI is InChI=1S/C22H24ClFO7/c1-2-29-17-8-14(24)4-3-11(17)5-12-6-15-13(7-16(12)23)10-30-22(15)21(28)20(27)19(26)18(9-25)31-22/h3-4,6-8,18-21,25-28H,2,5,9-10H2,1H3/t18-,19-,20+,21-,22+/m1/s1. The van der Waals surface area contributed by atoms with Gasteiger partial charge in [-0.25, -0.2) is 4.39 Å². The molecule has 0 amide bonds. The van der Waals surface area contributed by atoms with E-state index in [-0.39, 0.29) is 6.61 Å². The monoisotopic (exact) mass is 454 g/mol. The molecule has 1 spiro atoms. The average Bonchev–Trinajstić information content (AvgIpc) is 3.09. The number of ether oxygens (including phenoxy) is 3. The van der Waals surface area contributed by atoms with Crippen LogP contribution in [0.15, 0.2) is 30.3 Å². The highest BCUT2D eigenvalue weighted by Gasteiger charge is 2.58. The number of fused-ring (bicyclic) bond motifs is 2. The quantitative estimate of drug-likeness (QED) is 0.543. The maximum Gasteiger partial charge on any atom is 0.225 e. The topological polar surface area (TPSA) is 109 Å². The molecule has 4 rings (SSSR count). The predicted molar refractivity (Wildman–Crippen MR) is 108 cm³/mol. The molecule has 2 aromatic carbocycles. The number of aliphatic hydroxyl groups excluding tert-OH is 4. The molecule has 0 bridgehead atoms. The van der Waals surface area contributed by atoms with Crippen molar-refractivity contribution >= 4 is 11.6 Å². The van der Waals surface area contributed by atoms with E-state index in [1.54, 1.807) is 25.1 Å².